The predicted molar refractivity (Wildman–Crippen MR) is 55.9 cm³/mol. The van der Waals surface area contributed by atoms with Crippen LogP contribution < -0.4 is 10.6 Å². The molecule has 15 heavy (non-hydrogen) atoms. The zero-order valence-corrected chi connectivity index (χ0v) is 8.83. The minimum absolute atomic E-state index is 0.0356. The van der Waals surface area contributed by atoms with Crippen LogP contribution in [0.5, 0.6) is 0 Å². The molecule has 0 bridgehead atoms. The van der Waals surface area contributed by atoms with Gasteiger partial charge in [-0.25, -0.2) is 0 Å². The molecule has 1 amide bonds. The van der Waals surface area contributed by atoms with Crippen molar-refractivity contribution in [1.82, 2.24) is 10.6 Å². The molecule has 0 radical (unpaired) electrons. The molecule has 4 nitrogen and oxygen atoms in total. The van der Waals surface area contributed by atoms with E-state index in [0.717, 1.165) is 32.4 Å². The lowest BCUT2D eigenvalue weighted by molar-refractivity contribution is -0.123. The summed E-state index contributed by atoms with van der Waals surface area (Å²) in [5.41, 5.74) is 0. The Hall–Kier alpha value is -1.08. The molecule has 1 aliphatic carbocycles. The highest BCUT2D eigenvalue weighted by molar-refractivity contribution is 5.76. The van der Waals surface area contributed by atoms with Gasteiger partial charge in [-0.2, -0.15) is 5.26 Å². The third-order valence-electron chi connectivity index (χ3n) is 3.37. The molecule has 2 unspecified atom stereocenters. The van der Waals surface area contributed by atoms with Crippen molar-refractivity contribution >= 4 is 5.91 Å². The minimum atomic E-state index is 0.0356. The zero-order chi connectivity index (χ0) is 10.7. The second kappa shape index (κ2) is 4.63. The van der Waals surface area contributed by atoms with Crippen LogP contribution in [0, 0.1) is 23.2 Å². The summed E-state index contributed by atoms with van der Waals surface area (Å²) in [7, 11) is 0. The number of nitrogens with one attached hydrogen (secondary N) is 2. The lowest BCUT2D eigenvalue weighted by atomic mass is 9.98. The van der Waals surface area contributed by atoms with Crippen LogP contribution in [0.1, 0.15) is 25.7 Å². The van der Waals surface area contributed by atoms with E-state index >= 15 is 0 Å². The van der Waals surface area contributed by atoms with E-state index in [1.807, 2.05) is 0 Å². The minimum Gasteiger partial charge on any atom is -0.352 e. The van der Waals surface area contributed by atoms with Gasteiger partial charge in [0.2, 0.25) is 5.91 Å². The summed E-state index contributed by atoms with van der Waals surface area (Å²) in [6.07, 6.45) is 3.58. The lowest BCUT2D eigenvalue weighted by Crippen LogP contribution is -2.46. The molecule has 1 heterocycles. The van der Waals surface area contributed by atoms with Crippen molar-refractivity contribution in [3.63, 3.8) is 0 Å². The second-order valence-corrected chi connectivity index (χ2v) is 4.57. The number of rotatable bonds is 3. The lowest BCUT2D eigenvalue weighted by Gasteiger charge is -2.27. The van der Waals surface area contributed by atoms with Crippen LogP contribution in [0.2, 0.25) is 0 Å². The summed E-state index contributed by atoms with van der Waals surface area (Å²) in [6.45, 7) is 1.92. The van der Waals surface area contributed by atoms with Gasteiger partial charge in [0.15, 0.2) is 0 Å². The molecule has 2 atom stereocenters. The summed E-state index contributed by atoms with van der Waals surface area (Å²) in [4.78, 5) is 11.6. The predicted octanol–water partition coefficient (Wildman–Crippen LogP) is 0.404. The molecule has 0 aromatic heterocycles. The van der Waals surface area contributed by atoms with Gasteiger partial charge in [-0.15, -0.1) is 0 Å². The van der Waals surface area contributed by atoms with E-state index in [9.17, 15) is 4.79 Å². The van der Waals surface area contributed by atoms with Gasteiger partial charge in [-0.05, 0) is 38.3 Å². The van der Waals surface area contributed by atoms with Gasteiger partial charge >= 0.3 is 0 Å². The molecular weight excluding hydrogens is 190 g/mol. The fourth-order valence-corrected chi connectivity index (χ4v) is 2.31. The average molecular weight is 207 g/mol. The number of hydrogen-bond acceptors (Lipinski definition) is 3. The van der Waals surface area contributed by atoms with Crippen molar-refractivity contribution in [2.45, 2.75) is 31.7 Å². The van der Waals surface area contributed by atoms with E-state index in [1.54, 1.807) is 0 Å². The Morgan fingerprint density at radius 2 is 2.27 bits per heavy atom. The Balaban J connectivity index is 1.75. The maximum Gasteiger partial charge on any atom is 0.220 e. The maximum absolute atomic E-state index is 11.6. The number of carbonyl (C=O) groups excluding carboxylic acids is 1. The third kappa shape index (κ3) is 2.48. The number of nitrogens with zero attached hydrogens (tertiary/aromatic N) is 1. The molecule has 82 valence electrons. The molecule has 4 heteroatoms. The van der Waals surface area contributed by atoms with Gasteiger partial charge in [0.05, 0.1) is 12.0 Å². The van der Waals surface area contributed by atoms with Crippen molar-refractivity contribution in [2.24, 2.45) is 11.8 Å². The first-order valence-corrected chi connectivity index (χ1v) is 5.69. The van der Waals surface area contributed by atoms with Crippen LogP contribution in [-0.2, 0) is 4.79 Å². The second-order valence-electron chi connectivity index (χ2n) is 4.57. The van der Waals surface area contributed by atoms with Crippen molar-refractivity contribution in [3.8, 4) is 6.07 Å². The summed E-state index contributed by atoms with van der Waals surface area (Å²) in [5.74, 6) is 0.661. The molecule has 2 fully saturated rings. The quantitative estimate of drug-likeness (QED) is 0.704. The van der Waals surface area contributed by atoms with Gasteiger partial charge in [-0.1, -0.05) is 0 Å². The number of carbonyl (C=O) groups is 1. The van der Waals surface area contributed by atoms with Crippen LogP contribution in [0.3, 0.4) is 0 Å². The summed E-state index contributed by atoms with van der Waals surface area (Å²) in [5, 5.41) is 15.0. The van der Waals surface area contributed by atoms with Crippen LogP contribution in [-0.4, -0.2) is 25.0 Å². The smallest absolute Gasteiger partial charge is 0.220 e. The van der Waals surface area contributed by atoms with Crippen LogP contribution in [0.25, 0.3) is 0 Å². The first-order valence-electron chi connectivity index (χ1n) is 5.69. The monoisotopic (exact) mass is 207 g/mol. The summed E-state index contributed by atoms with van der Waals surface area (Å²) < 4.78 is 0. The summed E-state index contributed by atoms with van der Waals surface area (Å²) in [6, 6.07) is 2.38. The topological polar surface area (TPSA) is 64.9 Å². The SMILES string of the molecule is N#CC1CCCC1NC(=O)CC1CNC1. The van der Waals surface area contributed by atoms with Gasteiger partial charge in [0.1, 0.15) is 0 Å². The fourth-order valence-electron chi connectivity index (χ4n) is 2.31. The first kappa shape index (κ1) is 10.4. The standard InChI is InChI=1S/C11H17N3O/c12-5-9-2-1-3-10(9)14-11(15)4-8-6-13-7-8/h8-10,13H,1-4,6-7H2,(H,14,15). The molecule has 0 aromatic rings. The number of nitriles is 1. The zero-order valence-electron chi connectivity index (χ0n) is 8.83. The van der Waals surface area contributed by atoms with Crippen LogP contribution in [0.15, 0.2) is 0 Å². The van der Waals surface area contributed by atoms with Crippen LogP contribution in [0.4, 0.5) is 0 Å². The third-order valence-corrected chi connectivity index (χ3v) is 3.37. The molecule has 2 N–H and O–H groups in total. The summed E-state index contributed by atoms with van der Waals surface area (Å²) >= 11 is 0. The van der Waals surface area contributed by atoms with Gasteiger partial charge < -0.3 is 10.6 Å². The molecule has 2 rings (SSSR count). The van der Waals surface area contributed by atoms with E-state index in [2.05, 4.69) is 16.7 Å². The van der Waals surface area contributed by atoms with Crippen LogP contribution >= 0.6 is 0 Å². The van der Waals surface area contributed by atoms with E-state index in [0.29, 0.717) is 12.3 Å². The molecule has 1 aliphatic heterocycles. The Bertz CT molecular complexity index is 280. The molecule has 0 aromatic carbocycles. The number of hydrogen-bond donors (Lipinski definition) is 2. The highest BCUT2D eigenvalue weighted by Crippen LogP contribution is 2.25. The van der Waals surface area contributed by atoms with Gasteiger partial charge in [0.25, 0.3) is 0 Å². The Kier molecular flexibility index (Phi) is 3.22. The van der Waals surface area contributed by atoms with Crippen molar-refractivity contribution in [1.29, 1.82) is 5.26 Å². The van der Waals surface area contributed by atoms with E-state index in [4.69, 9.17) is 5.26 Å². The maximum atomic E-state index is 11.6. The largest absolute Gasteiger partial charge is 0.352 e. The van der Waals surface area contributed by atoms with Crippen molar-refractivity contribution in [3.05, 3.63) is 0 Å². The van der Waals surface area contributed by atoms with Crippen molar-refractivity contribution in [2.75, 3.05) is 13.1 Å². The normalized spacial score (nSPS) is 30.6. The van der Waals surface area contributed by atoms with Gasteiger partial charge in [-0.3, -0.25) is 4.79 Å². The Labute approximate surface area is 90.0 Å². The van der Waals surface area contributed by atoms with E-state index in [1.165, 1.54) is 0 Å². The van der Waals surface area contributed by atoms with E-state index in [-0.39, 0.29) is 17.9 Å². The number of amides is 1. The molecule has 1 saturated heterocycles. The first-order chi connectivity index (χ1) is 7.29. The van der Waals surface area contributed by atoms with Crippen molar-refractivity contribution < 1.29 is 4.79 Å². The highest BCUT2D eigenvalue weighted by Gasteiger charge is 2.29. The van der Waals surface area contributed by atoms with Gasteiger partial charge in [0, 0.05) is 12.5 Å². The molecule has 2 aliphatic rings. The van der Waals surface area contributed by atoms with E-state index < -0.39 is 0 Å². The molecular formula is C11H17N3O. The Morgan fingerprint density at radius 3 is 2.87 bits per heavy atom. The average Bonchev–Trinajstić information content (AvgIpc) is 2.59. The molecule has 1 saturated carbocycles. The Morgan fingerprint density at radius 1 is 1.47 bits per heavy atom. The highest BCUT2D eigenvalue weighted by atomic mass is 16.1. The fraction of sp³-hybridized carbons (Fsp3) is 0.818. The molecule has 0 spiro atoms.